The van der Waals surface area contributed by atoms with E-state index in [-0.39, 0.29) is 5.92 Å². The van der Waals surface area contributed by atoms with Crippen LogP contribution >= 0.6 is 0 Å². The normalized spacial score (nSPS) is 19.4. The van der Waals surface area contributed by atoms with Crippen LogP contribution in [-0.4, -0.2) is 32.2 Å². The van der Waals surface area contributed by atoms with Gasteiger partial charge in [-0.15, -0.1) is 0 Å². The molecule has 35 heavy (non-hydrogen) atoms. The number of rotatable bonds is 5. The third kappa shape index (κ3) is 3.94. The molecule has 1 aliphatic heterocycles. The quantitative estimate of drug-likeness (QED) is 0.397. The lowest BCUT2D eigenvalue weighted by Crippen LogP contribution is -2.44. The minimum absolute atomic E-state index is 0.189. The number of carboxylic acids is 1. The fourth-order valence-corrected chi connectivity index (χ4v) is 5.51. The Bertz CT molecular complexity index is 1400. The summed E-state index contributed by atoms with van der Waals surface area (Å²) >= 11 is 0. The highest BCUT2D eigenvalue weighted by Crippen LogP contribution is 2.38. The van der Waals surface area contributed by atoms with E-state index in [0.717, 1.165) is 37.1 Å². The van der Waals surface area contributed by atoms with Crippen LogP contribution in [0.2, 0.25) is 0 Å². The first-order valence-electron chi connectivity index (χ1n) is 12.1. The molecular weight excluding hydrogens is 438 g/mol. The highest BCUT2D eigenvalue weighted by Gasteiger charge is 2.39. The summed E-state index contributed by atoms with van der Waals surface area (Å²) in [5, 5.41) is 13.4. The second-order valence-electron chi connectivity index (χ2n) is 9.82. The zero-order chi connectivity index (χ0) is 24.1. The van der Waals surface area contributed by atoms with Gasteiger partial charge in [0, 0.05) is 30.3 Å². The van der Waals surface area contributed by atoms with Crippen molar-refractivity contribution < 1.29 is 14.4 Å². The molecule has 0 amide bonds. The van der Waals surface area contributed by atoms with Gasteiger partial charge in [0.05, 0.1) is 5.92 Å². The summed E-state index contributed by atoms with van der Waals surface area (Å²) in [6, 6.07) is 21.3. The van der Waals surface area contributed by atoms with E-state index in [2.05, 4.69) is 72.4 Å². The smallest absolute Gasteiger partial charge is 0.306 e. The number of aromatic nitrogens is 2. The summed E-state index contributed by atoms with van der Waals surface area (Å²) < 4.78 is 5.67. The number of aryl methyl sites for hydroxylation is 2. The van der Waals surface area contributed by atoms with Crippen LogP contribution < -0.4 is 0 Å². The Balaban J connectivity index is 1.22. The summed E-state index contributed by atoms with van der Waals surface area (Å²) in [5.41, 5.74) is 9.18. The van der Waals surface area contributed by atoms with Crippen molar-refractivity contribution in [1.29, 1.82) is 0 Å². The van der Waals surface area contributed by atoms with Crippen molar-refractivity contribution in [2.24, 2.45) is 5.92 Å². The van der Waals surface area contributed by atoms with Crippen LogP contribution in [-0.2, 0) is 17.9 Å². The molecule has 4 aromatic rings. The summed E-state index contributed by atoms with van der Waals surface area (Å²) in [4.78, 5) is 18.2. The molecule has 6 heteroatoms. The molecule has 0 radical (unpaired) electrons. The molecular formula is C29H27N3O3. The van der Waals surface area contributed by atoms with Crippen molar-refractivity contribution in [1.82, 2.24) is 15.0 Å². The maximum atomic E-state index is 11.1. The molecule has 0 atom stereocenters. The Morgan fingerprint density at radius 3 is 2.34 bits per heavy atom. The van der Waals surface area contributed by atoms with E-state index in [1.807, 2.05) is 12.1 Å². The second-order valence-corrected chi connectivity index (χ2v) is 9.82. The number of nitrogens with zero attached hydrogens (tertiary/aromatic N) is 3. The zero-order valence-electron chi connectivity index (χ0n) is 19.9. The molecule has 1 saturated carbocycles. The molecule has 3 aromatic carbocycles. The van der Waals surface area contributed by atoms with Crippen LogP contribution in [0.3, 0.4) is 0 Å². The van der Waals surface area contributed by atoms with Gasteiger partial charge in [0.2, 0.25) is 5.82 Å². The fraction of sp³-hybridized carbons (Fsp3) is 0.276. The van der Waals surface area contributed by atoms with Crippen LogP contribution in [0.25, 0.3) is 34.0 Å². The molecule has 2 aliphatic rings. The fourth-order valence-electron chi connectivity index (χ4n) is 5.51. The van der Waals surface area contributed by atoms with Gasteiger partial charge in [0.1, 0.15) is 0 Å². The Kier molecular flexibility index (Phi) is 5.26. The van der Waals surface area contributed by atoms with E-state index >= 15 is 0 Å². The maximum absolute atomic E-state index is 11.1. The summed E-state index contributed by atoms with van der Waals surface area (Å²) in [6.45, 7) is 5.94. The number of aliphatic carboxylic acids is 1. The highest BCUT2D eigenvalue weighted by atomic mass is 16.5. The standard InChI is InChI=1S/C29H27N3O3/c1-17-10-22(11-18(2)26(17)19-6-4-3-5-7-19)28-30-27(31-35-28)20-8-9-21-15-32(16-24(21)12-20)25-13-23(14-25)29(33)34/h3-12,23,25H,13-16H2,1-2H3,(H,33,34)/t23-,25-. The van der Waals surface area contributed by atoms with Gasteiger partial charge < -0.3 is 9.63 Å². The first-order valence-corrected chi connectivity index (χ1v) is 12.1. The van der Waals surface area contributed by atoms with Gasteiger partial charge in [0.25, 0.3) is 5.89 Å². The molecule has 0 saturated heterocycles. The molecule has 0 unspecified atom stereocenters. The molecule has 0 bridgehead atoms. The average molecular weight is 466 g/mol. The van der Waals surface area contributed by atoms with E-state index < -0.39 is 5.97 Å². The van der Waals surface area contributed by atoms with Gasteiger partial charge in [-0.3, -0.25) is 9.69 Å². The van der Waals surface area contributed by atoms with Gasteiger partial charge in [-0.25, -0.2) is 0 Å². The van der Waals surface area contributed by atoms with Crippen molar-refractivity contribution in [3.63, 3.8) is 0 Å². The van der Waals surface area contributed by atoms with Crippen LogP contribution in [0.15, 0.2) is 65.2 Å². The molecule has 0 spiro atoms. The van der Waals surface area contributed by atoms with Crippen molar-refractivity contribution in [3.8, 4) is 34.0 Å². The van der Waals surface area contributed by atoms with Gasteiger partial charge >= 0.3 is 5.97 Å². The van der Waals surface area contributed by atoms with E-state index in [1.54, 1.807) is 0 Å². The molecule has 176 valence electrons. The zero-order valence-corrected chi connectivity index (χ0v) is 19.9. The molecule has 1 aromatic heterocycles. The summed E-state index contributed by atoms with van der Waals surface area (Å²) in [7, 11) is 0. The Labute approximate surface area is 204 Å². The lowest BCUT2D eigenvalue weighted by molar-refractivity contribution is -0.147. The average Bonchev–Trinajstić information content (AvgIpc) is 3.45. The summed E-state index contributed by atoms with van der Waals surface area (Å²) in [6.07, 6.45) is 1.48. The lowest BCUT2D eigenvalue weighted by atomic mass is 9.79. The Morgan fingerprint density at radius 2 is 1.63 bits per heavy atom. The summed E-state index contributed by atoms with van der Waals surface area (Å²) in [5.74, 6) is 0.236. The lowest BCUT2D eigenvalue weighted by Gasteiger charge is -2.39. The third-order valence-electron chi connectivity index (χ3n) is 7.46. The Morgan fingerprint density at radius 1 is 0.914 bits per heavy atom. The van der Waals surface area contributed by atoms with Gasteiger partial charge in [-0.2, -0.15) is 4.98 Å². The van der Waals surface area contributed by atoms with Crippen LogP contribution in [0.5, 0.6) is 0 Å². The van der Waals surface area contributed by atoms with Gasteiger partial charge in [0.15, 0.2) is 0 Å². The van der Waals surface area contributed by atoms with Crippen molar-refractivity contribution in [2.75, 3.05) is 0 Å². The van der Waals surface area contributed by atoms with E-state index in [0.29, 0.717) is 17.8 Å². The van der Waals surface area contributed by atoms with Gasteiger partial charge in [-0.05, 0) is 78.3 Å². The van der Waals surface area contributed by atoms with Crippen molar-refractivity contribution >= 4 is 5.97 Å². The first-order chi connectivity index (χ1) is 17.0. The predicted octanol–water partition coefficient (Wildman–Crippen LogP) is 5.87. The molecule has 6 rings (SSSR count). The van der Waals surface area contributed by atoms with Crippen LogP contribution in [0.1, 0.15) is 35.1 Å². The molecule has 6 nitrogen and oxygen atoms in total. The number of fused-ring (bicyclic) bond motifs is 1. The molecule has 1 N–H and O–H groups in total. The van der Waals surface area contributed by atoms with Crippen LogP contribution in [0, 0.1) is 19.8 Å². The number of hydrogen-bond acceptors (Lipinski definition) is 5. The first kappa shape index (κ1) is 21.7. The van der Waals surface area contributed by atoms with Gasteiger partial charge in [-0.1, -0.05) is 47.6 Å². The maximum Gasteiger partial charge on any atom is 0.306 e. The minimum Gasteiger partial charge on any atom is -0.481 e. The number of hydrogen-bond donors (Lipinski definition) is 1. The van der Waals surface area contributed by atoms with E-state index in [4.69, 9.17) is 14.6 Å². The van der Waals surface area contributed by atoms with E-state index in [9.17, 15) is 4.79 Å². The monoisotopic (exact) mass is 465 g/mol. The van der Waals surface area contributed by atoms with Crippen LogP contribution in [0.4, 0.5) is 0 Å². The van der Waals surface area contributed by atoms with Crippen molar-refractivity contribution in [2.45, 2.75) is 45.8 Å². The largest absolute Gasteiger partial charge is 0.481 e. The number of benzene rings is 3. The van der Waals surface area contributed by atoms with Crippen molar-refractivity contribution in [3.05, 3.63) is 82.9 Å². The third-order valence-corrected chi connectivity index (χ3v) is 7.46. The minimum atomic E-state index is -0.673. The number of carbonyl (C=O) groups is 1. The highest BCUT2D eigenvalue weighted by molar-refractivity contribution is 5.75. The molecule has 2 heterocycles. The van der Waals surface area contributed by atoms with E-state index in [1.165, 1.54) is 33.4 Å². The topological polar surface area (TPSA) is 79.5 Å². The molecule has 1 aliphatic carbocycles. The number of carboxylic acid groups (broad SMARTS) is 1. The SMILES string of the molecule is Cc1cc(-c2nc(-c3ccc4c(c3)CN([C@H]3C[C@H](C(=O)O)C3)C4)no2)cc(C)c1-c1ccccc1. The second kappa shape index (κ2) is 8.47. The molecule has 1 fully saturated rings. The Hall–Kier alpha value is -3.77. The predicted molar refractivity (Wildman–Crippen MR) is 133 cm³/mol.